The summed E-state index contributed by atoms with van der Waals surface area (Å²) in [6.45, 7) is 2.25. The van der Waals surface area contributed by atoms with Crippen LogP contribution in [0.15, 0.2) is 22.7 Å². The summed E-state index contributed by atoms with van der Waals surface area (Å²) in [4.78, 5) is 4.20. The van der Waals surface area contributed by atoms with Crippen molar-refractivity contribution in [1.82, 2.24) is 14.5 Å². The Labute approximate surface area is 101 Å². The average molecular weight is 246 g/mol. The number of benzene rings is 1. The molecule has 17 heavy (non-hydrogen) atoms. The van der Waals surface area contributed by atoms with Crippen molar-refractivity contribution in [1.29, 1.82) is 0 Å². The number of nitrogens with zero attached hydrogens (tertiary/aromatic N) is 3. The Balaban J connectivity index is 2.13. The van der Waals surface area contributed by atoms with Gasteiger partial charge in [-0.2, -0.15) is 9.36 Å². The van der Waals surface area contributed by atoms with E-state index in [1.54, 1.807) is 0 Å². The SMILES string of the molecule is Cc1nsc2ccc(-c3noc(CN)n3)cc12. The largest absolute Gasteiger partial charge is 0.338 e. The summed E-state index contributed by atoms with van der Waals surface area (Å²) in [7, 11) is 0. The summed E-state index contributed by atoms with van der Waals surface area (Å²) in [6, 6.07) is 6.01. The van der Waals surface area contributed by atoms with Gasteiger partial charge in [-0.25, -0.2) is 0 Å². The highest BCUT2D eigenvalue weighted by Crippen LogP contribution is 2.27. The van der Waals surface area contributed by atoms with Gasteiger partial charge in [0.1, 0.15) is 0 Å². The van der Waals surface area contributed by atoms with Crippen LogP contribution in [-0.4, -0.2) is 14.5 Å². The first-order valence-corrected chi connectivity index (χ1v) is 5.94. The first kappa shape index (κ1) is 10.4. The van der Waals surface area contributed by atoms with Gasteiger partial charge in [0, 0.05) is 10.9 Å². The van der Waals surface area contributed by atoms with Gasteiger partial charge in [0.2, 0.25) is 11.7 Å². The Morgan fingerprint density at radius 1 is 1.41 bits per heavy atom. The molecular formula is C11H10N4OS. The molecule has 86 valence electrons. The molecule has 0 aliphatic rings. The van der Waals surface area contributed by atoms with E-state index in [1.807, 2.05) is 25.1 Å². The zero-order chi connectivity index (χ0) is 11.8. The Kier molecular flexibility index (Phi) is 2.38. The molecule has 0 saturated carbocycles. The Bertz CT molecular complexity index is 673. The maximum atomic E-state index is 5.43. The van der Waals surface area contributed by atoms with Crippen LogP contribution in [0.25, 0.3) is 21.5 Å². The van der Waals surface area contributed by atoms with E-state index >= 15 is 0 Å². The lowest BCUT2D eigenvalue weighted by Gasteiger charge is -1.94. The van der Waals surface area contributed by atoms with E-state index in [2.05, 4.69) is 14.5 Å². The van der Waals surface area contributed by atoms with Crippen molar-refractivity contribution in [3.63, 3.8) is 0 Å². The van der Waals surface area contributed by atoms with Crippen molar-refractivity contribution in [2.24, 2.45) is 5.73 Å². The van der Waals surface area contributed by atoms with Gasteiger partial charge in [-0.05, 0) is 36.7 Å². The smallest absolute Gasteiger partial charge is 0.240 e. The Morgan fingerprint density at radius 2 is 2.29 bits per heavy atom. The predicted octanol–water partition coefficient (Wildman–Crippen LogP) is 2.11. The second-order valence-corrected chi connectivity index (χ2v) is 4.50. The summed E-state index contributed by atoms with van der Waals surface area (Å²) >= 11 is 1.49. The van der Waals surface area contributed by atoms with Gasteiger partial charge in [0.25, 0.3) is 0 Å². The fourth-order valence-corrected chi connectivity index (χ4v) is 2.42. The lowest BCUT2D eigenvalue weighted by Crippen LogP contribution is -1.95. The highest BCUT2D eigenvalue weighted by Gasteiger charge is 2.09. The van der Waals surface area contributed by atoms with Crippen molar-refractivity contribution in [3.05, 3.63) is 29.8 Å². The van der Waals surface area contributed by atoms with E-state index in [0.29, 0.717) is 11.7 Å². The van der Waals surface area contributed by atoms with Crippen molar-refractivity contribution in [2.45, 2.75) is 13.5 Å². The normalized spacial score (nSPS) is 11.2. The molecular weight excluding hydrogens is 236 g/mol. The first-order chi connectivity index (χ1) is 8.28. The zero-order valence-electron chi connectivity index (χ0n) is 9.17. The zero-order valence-corrected chi connectivity index (χ0v) is 9.99. The molecule has 6 heteroatoms. The lowest BCUT2D eigenvalue weighted by atomic mass is 10.1. The number of hydrogen-bond donors (Lipinski definition) is 1. The summed E-state index contributed by atoms with van der Waals surface area (Å²) in [5.74, 6) is 1.01. The fraction of sp³-hybridized carbons (Fsp3) is 0.182. The van der Waals surface area contributed by atoms with Gasteiger partial charge < -0.3 is 10.3 Å². The van der Waals surface area contributed by atoms with Crippen LogP contribution in [0, 0.1) is 6.92 Å². The molecule has 0 spiro atoms. The van der Waals surface area contributed by atoms with Gasteiger partial charge in [-0.3, -0.25) is 0 Å². The third-order valence-electron chi connectivity index (χ3n) is 2.55. The van der Waals surface area contributed by atoms with Gasteiger partial charge in [-0.1, -0.05) is 5.16 Å². The minimum Gasteiger partial charge on any atom is -0.338 e. The highest BCUT2D eigenvalue weighted by molar-refractivity contribution is 7.13. The van der Waals surface area contributed by atoms with E-state index < -0.39 is 0 Å². The van der Waals surface area contributed by atoms with Crippen LogP contribution >= 0.6 is 11.5 Å². The van der Waals surface area contributed by atoms with E-state index in [0.717, 1.165) is 21.3 Å². The molecule has 0 aliphatic carbocycles. The number of fused-ring (bicyclic) bond motifs is 1. The van der Waals surface area contributed by atoms with E-state index in [9.17, 15) is 0 Å². The minimum absolute atomic E-state index is 0.258. The average Bonchev–Trinajstić information content (AvgIpc) is 2.96. The second kappa shape index (κ2) is 3.90. The number of rotatable bonds is 2. The summed E-state index contributed by atoms with van der Waals surface area (Å²) in [5.41, 5.74) is 7.38. The minimum atomic E-state index is 0.258. The Hall–Kier alpha value is -1.79. The van der Waals surface area contributed by atoms with Crippen LogP contribution in [-0.2, 0) is 6.54 Å². The molecule has 3 rings (SSSR count). The molecule has 0 fully saturated rings. The van der Waals surface area contributed by atoms with Gasteiger partial charge in [0.15, 0.2) is 0 Å². The third kappa shape index (κ3) is 1.71. The first-order valence-electron chi connectivity index (χ1n) is 5.17. The van der Waals surface area contributed by atoms with Crippen molar-refractivity contribution in [3.8, 4) is 11.4 Å². The molecule has 1 aromatic carbocycles. The quantitative estimate of drug-likeness (QED) is 0.749. The van der Waals surface area contributed by atoms with Crippen LogP contribution in [0.4, 0.5) is 0 Å². The lowest BCUT2D eigenvalue weighted by molar-refractivity contribution is 0.380. The summed E-state index contributed by atoms with van der Waals surface area (Å²) < 4.78 is 10.5. The maximum absolute atomic E-state index is 5.43. The molecule has 2 N–H and O–H groups in total. The molecule has 0 bridgehead atoms. The molecule has 0 aliphatic heterocycles. The van der Waals surface area contributed by atoms with Crippen LogP contribution in [0.1, 0.15) is 11.6 Å². The van der Waals surface area contributed by atoms with Gasteiger partial charge >= 0.3 is 0 Å². The third-order valence-corrected chi connectivity index (χ3v) is 3.47. The van der Waals surface area contributed by atoms with Crippen LogP contribution in [0.5, 0.6) is 0 Å². The van der Waals surface area contributed by atoms with E-state index in [4.69, 9.17) is 10.3 Å². The van der Waals surface area contributed by atoms with Crippen molar-refractivity contribution in [2.75, 3.05) is 0 Å². The van der Waals surface area contributed by atoms with Crippen LogP contribution in [0.3, 0.4) is 0 Å². The van der Waals surface area contributed by atoms with E-state index in [-0.39, 0.29) is 6.54 Å². The Morgan fingerprint density at radius 3 is 3.06 bits per heavy atom. The number of aryl methyl sites for hydroxylation is 1. The molecule has 2 heterocycles. The molecule has 0 radical (unpaired) electrons. The van der Waals surface area contributed by atoms with Crippen molar-refractivity contribution >= 4 is 21.6 Å². The van der Waals surface area contributed by atoms with Gasteiger partial charge in [-0.15, -0.1) is 0 Å². The van der Waals surface area contributed by atoms with Crippen molar-refractivity contribution < 1.29 is 4.52 Å². The van der Waals surface area contributed by atoms with Crippen LogP contribution < -0.4 is 5.73 Å². The predicted molar refractivity (Wildman–Crippen MR) is 65.5 cm³/mol. The van der Waals surface area contributed by atoms with Crippen LogP contribution in [0.2, 0.25) is 0 Å². The van der Waals surface area contributed by atoms with Gasteiger partial charge in [0.05, 0.1) is 16.9 Å². The second-order valence-electron chi connectivity index (χ2n) is 3.69. The monoisotopic (exact) mass is 246 g/mol. The molecule has 2 aromatic heterocycles. The molecule has 5 nitrogen and oxygen atoms in total. The highest BCUT2D eigenvalue weighted by atomic mass is 32.1. The molecule has 3 aromatic rings. The topological polar surface area (TPSA) is 77.8 Å². The maximum Gasteiger partial charge on any atom is 0.240 e. The molecule has 0 amide bonds. The summed E-state index contributed by atoms with van der Waals surface area (Å²) in [6.07, 6.45) is 0. The number of nitrogens with two attached hydrogens (primary N) is 1. The van der Waals surface area contributed by atoms with E-state index in [1.165, 1.54) is 11.5 Å². The number of aromatic nitrogens is 3. The summed E-state index contributed by atoms with van der Waals surface area (Å²) in [5, 5.41) is 5.03. The molecule has 0 atom stereocenters. The molecule has 0 unspecified atom stereocenters. The molecule has 0 saturated heterocycles. The standard InChI is InChI=1S/C11H10N4OS/c1-6-8-4-7(2-3-9(8)17-15-6)11-13-10(5-12)16-14-11/h2-4H,5,12H2,1H3. The number of hydrogen-bond acceptors (Lipinski definition) is 6. The fourth-order valence-electron chi connectivity index (χ4n) is 1.65.